The second-order valence-electron chi connectivity index (χ2n) is 4.25. The van der Waals surface area contributed by atoms with Crippen molar-refractivity contribution in [2.45, 2.75) is 13.3 Å². The standard InChI is InChI=1S/C12H14Br2N2O3/c1-8(2-3-13)7-15-12(17)9-4-10(14)6-11(5-9)16(18)19/h4-6,8H,2-3,7H2,1H3,(H,15,17). The normalized spacial score (nSPS) is 11.9. The molecule has 0 saturated carbocycles. The van der Waals surface area contributed by atoms with Gasteiger partial charge in [-0.25, -0.2) is 0 Å². The number of halogens is 2. The number of nitro groups is 1. The molecule has 0 radical (unpaired) electrons. The van der Waals surface area contributed by atoms with Gasteiger partial charge in [-0.1, -0.05) is 38.8 Å². The number of benzene rings is 1. The summed E-state index contributed by atoms with van der Waals surface area (Å²) in [4.78, 5) is 22.1. The highest BCUT2D eigenvalue weighted by atomic mass is 79.9. The van der Waals surface area contributed by atoms with Crippen molar-refractivity contribution in [2.75, 3.05) is 11.9 Å². The third-order valence-electron chi connectivity index (χ3n) is 2.57. The number of nitro benzene ring substituents is 1. The monoisotopic (exact) mass is 392 g/mol. The molecule has 1 aromatic rings. The highest BCUT2D eigenvalue weighted by molar-refractivity contribution is 9.10. The van der Waals surface area contributed by atoms with E-state index in [1.165, 1.54) is 12.1 Å². The molecule has 0 aliphatic rings. The fourth-order valence-electron chi connectivity index (χ4n) is 1.47. The van der Waals surface area contributed by atoms with Crippen LogP contribution in [0.1, 0.15) is 23.7 Å². The van der Waals surface area contributed by atoms with Gasteiger partial charge in [-0.05, 0) is 18.4 Å². The molecular weight excluding hydrogens is 380 g/mol. The first-order valence-electron chi connectivity index (χ1n) is 5.73. The molecule has 0 fully saturated rings. The number of amides is 1. The van der Waals surface area contributed by atoms with Crippen LogP contribution in [-0.4, -0.2) is 22.7 Å². The number of non-ortho nitro benzene ring substituents is 1. The summed E-state index contributed by atoms with van der Waals surface area (Å²) < 4.78 is 0.514. The van der Waals surface area contributed by atoms with Crippen molar-refractivity contribution in [1.29, 1.82) is 0 Å². The number of hydrogen-bond acceptors (Lipinski definition) is 3. The fourth-order valence-corrected chi connectivity index (χ4v) is 2.73. The molecule has 0 heterocycles. The molecule has 0 saturated heterocycles. The molecule has 1 aromatic carbocycles. The van der Waals surface area contributed by atoms with Gasteiger partial charge in [-0.3, -0.25) is 14.9 Å². The predicted molar refractivity (Wildman–Crippen MR) is 80.7 cm³/mol. The lowest BCUT2D eigenvalue weighted by atomic mass is 10.1. The molecule has 7 heteroatoms. The number of hydrogen-bond donors (Lipinski definition) is 1. The topological polar surface area (TPSA) is 72.2 Å². The van der Waals surface area contributed by atoms with Crippen molar-refractivity contribution >= 4 is 43.5 Å². The van der Waals surface area contributed by atoms with Crippen molar-refractivity contribution in [1.82, 2.24) is 5.32 Å². The van der Waals surface area contributed by atoms with Crippen LogP contribution in [0.3, 0.4) is 0 Å². The maximum atomic E-state index is 11.9. The summed E-state index contributed by atoms with van der Waals surface area (Å²) in [6, 6.07) is 4.21. The summed E-state index contributed by atoms with van der Waals surface area (Å²) in [5.41, 5.74) is 0.181. The molecule has 0 bridgehead atoms. The van der Waals surface area contributed by atoms with Gasteiger partial charge in [0.15, 0.2) is 0 Å². The summed E-state index contributed by atoms with van der Waals surface area (Å²) in [5.74, 6) is 0.0521. The molecule has 0 aliphatic carbocycles. The van der Waals surface area contributed by atoms with E-state index in [2.05, 4.69) is 37.2 Å². The third kappa shape index (κ3) is 5.28. The van der Waals surface area contributed by atoms with Crippen molar-refractivity contribution < 1.29 is 9.72 Å². The van der Waals surface area contributed by atoms with Crippen LogP contribution in [0, 0.1) is 16.0 Å². The Bertz CT molecular complexity index is 480. The molecule has 0 spiro atoms. The highest BCUT2D eigenvalue weighted by Gasteiger charge is 2.14. The zero-order valence-corrected chi connectivity index (χ0v) is 13.5. The van der Waals surface area contributed by atoms with E-state index in [0.717, 1.165) is 11.8 Å². The van der Waals surface area contributed by atoms with Gasteiger partial charge in [0, 0.05) is 34.0 Å². The quantitative estimate of drug-likeness (QED) is 0.456. The van der Waals surface area contributed by atoms with Crippen LogP contribution in [0.5, 0.6) is 0 Å². The largest absolute Gasteiger partial charge is 0.352 e. The molecule has 0 aromatic heterocycles. The van der Waals surface area contributed by atoms with Crippen LogP contribution in [0.4, 0.5) is 5.69 Å². The Morgan fingerprint density at radius 2 is 2.16 bits per heavy atom. The van der Waals surface area contributed by atoms with Crippen LogP contribution in [0.15, 0.2) is 22.7 Å². The van der Waals surface area contributed by atoms with Crippen LogP contribution >= 0.6 is 31.9 Å². The van der Waals surface area contributed by atoms with Crippen LogP contribution in [-0.2, 0) is 0 Å². The zero-order valence-electron chi connectivity index (χ0n) is 10.4. The first kappa shape index (κ1) is 16.1. The van der Waals surface area contributed by atoms with Crippen molar-refractivity contribution in [3.63, 3.8) is 0 Å². The summed E-state index contributed by atoms with van der Waals surface area (Å²) in [6.07, 6.45) is 0.957. The Balaban J connectivity index is 2.74. The van der Waals surface area contributed by atoms with E-state index in [0.29, 0.717) is 16.9 Å². The van der Waals surface area contributed by atoms with Crippen LogP contribution < -0.4 is 5.32 Å². The maximum Gasteiger partial charge on any atom is 0.271 e. The van der Waals surface area contributed by atoms with E-state index >= 15 is 0 Å². The minimum absolute atomic E-state index is 0.104. The van der Waals surface area contributed by atoms with Gasteiger partial charge in [-0.15, -0.1) is 0 Å². The smallest absolute Gasteiger partial charge is 0.271 e. The predicted octanol–water partition coefficient (Wildman–Crippen LogP) is 3.51. The van der Waals surface area contributed by atoms with E-state index in [-0.39, 0.29) is 17.2 Å². The molecule has 1 atom stereocenters. The lowest BCUT2D eigenvalue weighted by Gasteiger charge is -2.11. The summed E-state index contributed by atoms with van der Waals surface area (Å²) in [5, 5.41) is 14.4. The first-order chi connectivity index (χ1) is 8.93. The third-order valence-corrected chi connectivity index (χ3v) is 3.48. The second-order valence-corrected chi connectivity index (χ2v) is 5.96. The minimum Gasteiger partial charge on any atom is -0.352 e. The van der Waals surface area contributed by atoms with E-state index in [1.807, 2.05) is 6.92 Å². The molecule has 5 nitrogen and oxygen atoms in total. The lowest BCUT2D eigenvalue weighted by Crippen LogP contribution is -2.28. The highest BCUT2D eigenvalue weighted by Crippen LogP contribution is 2.21. The average Bonchev–Trinajstić information content (AvgIpc) is 2.35. The van der Waals surface area contributed by atoms with Gasteiger partial charge in [0.2, 0.25) is 0 Å². The number of alkyl halides is 1. The summed E-state index contributed by atoms with van der Waals surface area (Å²) in [7, 11) is 0. The molecule has 19 heavy (non-hydrogen) atoms. The zero-order chi connectivity index (χ0) is 14.4. The molecule has 0 aliphatic heterocycles. The molecule has 104 valence electrons. The van der Waals surface area contributed by atoms with Gasteiger partial charge >= 0.3 is 0 Å². The van der Waals surface area contributed by atoms with Gasteiger partial charge < -0.3 is 5.32 Å². The molecule has 1 N–H and O–H groups in total. The molecular formula is C12H14Br2N2O3. The SMILES string of the molecule is CC(CCBr)CNC(=O)c1cc(Br)cc([N+](=O)[O-])c1. The van der Waals surface area contributed by atoms with Gasteiger partial charge in [0.1, 0.15) is 0 Å². The molecule has 1 rings (SSSR count). The number of nitrogens with zero attached hydrogens (tertiary/aromatic N) is 1. The van der Waals surface area contributed by atoms with Crippen LogP contribution in [0.25, 0.3) is 0 Å². The van der Waals surface area contributed by atoms with E-state index in [9.17, 15) is 14.9 Å². The van der Waals surface area contributed by atoms with Crippen molar-refractivity contribution in [2.24, 2.45) is 5.92 Å². The second kappa shape index (κ2) is 7.59. The van der Waals surface area contributed by atoms with Crippen molar-refractivity contribution in [3.8, 4) is 0 Å². The van der Waals surface area contributed by atoms with Gasteiger partial charge in [0.25, 0.3) is 11.6 Å². The van der Waals surface area contributed by atoms with Crippen LogP contribution in [0.2, 0.25) is 0 Å². The first-order valence-corrected chi connectivity index (χ1v) is 7.64. The van der Waals surface area contributed by atoms with E-state index in [1.54, 1.807) is 6.07 Å². The summed E-state index contributed by atoms with van der Waals surface area (Å²) in [6.45, 7) is 2.58. The number of rotatable bonds is 6. The average molecular weight is 394 g/mol. The van der Waals surface area contributed by atoms with E-state index in [4.69, 9.17) is 0 Å². The Kier molecular flexibility index (Phi) is 6.44. The maximum absolute atomic E-state index is 11.9. The number of carbonyl (C=O) groups is 1. The van der Waals surface area contributed by atoms with Gasteiger partial charge in [-0.2, -0.15) is 0 Å². The fraction of sp³-hybridized carbons (Fsp3) is 0.417. The van der Waals surface area contributed by atoms with E-state index < -0.39 is 4.92 Å². The number of nitrogens with one attached hydrogen (secondary N) is 1. The Hall–Kier alpha value is -0.950. The Morgan fingerprint density at radius 1 is 1.47 bits per heavy atom. The summed E-state index contributed by atoms with van der Waals surface area (Å²) >= 11 is 6.51. The lowest BCUT2D eigenvalue weighted by molar-refractivity contribution is -0.385. The Labute approximate surface area is 128 Å². The van der Waals surface area contributed by atoms with Crippen molar-refractivity contribution in [3.05, 3.63) is 38.3 Å². The van der Waals surface area contributed by atoms with Gasteiger partial charge in [0.05, 0.1) is 4.92 Å². The number of carbonyl (C=O) groups excluding carboxylic acids is 1. The minimum atomic E-state index is -0.519. The Morgan fingerprint density at radius 3 is 2.74 bits per heavy atom. The molecule has 1 unspecified atom stereocenters. The molecule has 1 amide bonds.